The second-order valence-electron chi connectivity index (χ2n) is 5.43. The van der Waals surface area contributed by atoms with Crippen LogP contribution in [0.5, 0.6) is 0 Å². The van der Waals surface area contributed by atoms with Crippen LogP contribution in [0.1, 0.15) is 23.1 Å². The number of benzene rings is 2. The molecule has 4 heteroatoms. The number of hydrogen-bond donors (Lipinski definition) is 1. The molecule has 1 aliphatic rings. The van der Waals surface area contributed by atoms with Gasteiger partial charge in [-0.1, -0.05) is 12.1 Å². The first-order valence-electron chi connectivity index (χ1n) is 6.78. The molecule has 2 aromatic carbocycles. The predicted octanol–water partition coefficient (Wildman–Crippen LogP) is 4.05. The number of nitrogens with zero attached hydrogens (tertiary/aromatic N) is 1. The molecule has 0 radical (unpaired) electrons. The van der Waals surface area contributed by atoms with E-state index in [1.807, 2.05) is 0 Å². The Kier molecular flexibility index (Phi) is 3.13. The standard InChI is InChI=1S/C17H14F2N2/c1-11-7-12(18)9-13(8-11)21-17(10-20)6-5-14-15(17)3-2-4-16(14)19/h2-4,7-9,21H,5-6H2,1H3. The van der Waals surface area contributed by atoms with Crippen molar-refractivity contribution >= 4 is 5.69 Å². The fraction of sp³-hybridized carbons (Fsp3) is 0.235. The van der Waals surface area contributed by atoms with E-state index in [4.69, 9.17) is 0 Å². The molecule has 1 unspecified atom stereocenters. The van der Waals surface area contributed by atoms with Crippen LogP contribution in [0.25, 0.3) is 0 Å². The average Bonchev–Trinajstić information content (AvgIpc) is 2.79. The summed E-state index contributed by atoms with van der Waals surface area (Å²) in [6.45, 7) is 1.79. The Morgan fingerprint density at radius 2 is 2.05 bits per heavy atom. The van der Waals surface area contributed by atoms with Gasteiger partial charge < -0.3 is 5.32 Å². The van der Waals surface area contributed by atoms with Crippen molar-refractivity contribution in [2.75, 3.05) is 5.32 Å². The zero-order valence-corrected chi connectivity index (χ0v) is 11.6. The Bertz CT molecular complexity index is 729. The lowest BCUT2D eigenvalue weighted by Crippen LogP contribution is -2.31. The van der Waals surface area contributed by atoms with E-state index in [0.29, 0.717) is 29.7 Å². The fourth-order valence-electron chi connectivity index (χ4n) is 2.99. The van der Waals surface area contributed by atoms with Crippen LogP contribution in [-0.2, 0) is 12.0 Å². The quantitative estimate of drug-likeness (QED) is 0.903. The lowest BCUT2D eigenvalue weighted by molar-refractivity contribution is 0.607. The number of nitrogens with one attached hydrogen (secondary N) is 1. The predicted molar refractivity (Wildman–Crippen MR) is 76.8 cm³/mol. The van der Waals surface area contributed by atoms with Gasteiger partial charge in [0.25, 0.3) is 0 Å². The number of hydrogen-bond acceptors (Lipinski definition) is 2. The topological polar surface area (TPSA) is 35.8 Å². The molecule has 1 atom stereocenters. The SMILES string of the molecule is Cc1cc(F)cc(NC2(C#N)CCc3c(F)cccc32)c1. The summed E-state index contributed by atoms with van der Waals surface area (Å²) in [5.41, 5.74) is 1.51. The maximum atomic E-state index is 13.8. The fourth-order valence-corrected chi connectivity index (χ4v) is 2.99. The number of nitriles is 1. The molecule has 3 rings (SSSR count). The number of halogens is 2. The van der Waals surface area contributed by atoms with Crippen molar-refractivity contribution in [2.45, 2.75) is 25.3 Å². The third-order valence-corrected chi connectivity index (χ3v) is 3.92. The largest absolute Gasteiger partial charge is 0.364 e. The summed E-state index contributed by atoms with van der Waals surface area (Å²) < 4.78 is 27.3. The van der Waals surface area contributed by atoms with E-state index in [0.717, 1.165) is 5.56 Å². The molecule has 21 heavy (non-hydrogen) atoms. The highest BCUT2D eigenvalue weighted by atomic mass is 19.1. The maximum absolute atomic E-state index is 13.8. The molecule has 0 saturated heterocycles. The minimum absolute atomic E-state index is 0.290. The summed E-state index contributed by atoms with van der Waals surface area (Å²) >= 11 is 0. The minimum Gasteiger partial charge on any atom is -0.364 e. The van der Waals surface area contributed by atoms with Crippen LogP contribution in [0.3, 0.4) is 0 Å². The number of fused-ring (bicyclic) bond motifs is 1. The van der Waals surface area contributed by atoms with Crippen molar-refractivity contribution < 1.29 is 8.78 Å². The number of aryl methyl sites for hydroxylation is 1. The van der Waals surface area contributed by atoms with Crippen LogP contribution in [-0.4, -0.2) is 0 Å². The van der Waals surface area contributed by atoms with Gasteiger partial charge in [0, 0.05) is 5.69 Å². The molecule has 0 bridgehead atoms. The summed E-state index contributed by atoms with van der Waals surface area (Å²) in [5.74, 6) is -0.648. The van der Waals surface area contributed by atoms with Gasteiger partial charge >= 0.3 is 0 Å². The van der Waals surface area contributed by atoms with Crippen molar-refractivity contribution in [1.29, 1.82) is 5.26 Å². The van der Waals surface area contributed by atoms with E-state index in [-0.39, 0.29) is 11.6 Å². The zero-order chi connectivity index (χ0) is 15.0. The van der Waals surface area contributed by atoms with Crippen molar-refractivity contribution in [1.82, 2.24) is 0 Å². The number of rotatable bonds is 2. The van der Waals surface area contributed by atoms with Crippen LogP contribution < -0.4 is 5.32 Å². The molecule has 1 aliphatic carbocycles. The molecule has 0 amide bonds. The first-order valence-corrected chi connectivity index (χ1v) is 6.78. The minimum atomic E-state index is -1.00. The lowest BCUT2D eigenvalue weighted by Gasteiger charge is -2.25. The second-order valence-corrected chi connectivity index (χ2v) is 5.43. The van der Waals surface area contributed by atoms with Gasteiger partial charge in [0.15, 0.2) is 5.54 Å². The normalized spacial score (nSPS) is 19.9. The molecular weight excluding hydrogens is 270 g/mol. The van der Waals surface area contributed by atoms with E-state index in [1.165, 1.54) is 18.2 Å². The van der Waals surface area contributed by atoms with Crippen molar-refractivity contribution in [2.24, 2.45) is 0 Å². The third kappa shape index (κ3) is 2.25. The Labute approximate surface area is 122 Å². The van der Waals surface area contributed by atoms with Gasteiger partial charge in [-0.3, -0.25) is 0 Å². The summed E-state index contributed by atoms with van der Waals surface area (Å²) in [6.07, 6.45) is 0.964. The summed E-state index contributed by atoms with van der Waals surface area (Å²) in [7, 11) is 0. The van der Waals surface area contributed by atoms with Gasteiger partial charge in [0.05, 0.1) is 6.07 Å². The van der Waals surface area contributed by atoms with E-state index in [1.54, 1.807) is 25.1 Å². The third-order valence-electron chi connectivity index (χ3n) is 3.92. The lowest BCUT2D eigenvalue weighted by atomic mass is 9.93. The first-order chi connectivity index (χ1) is 10.0. The highest BCUT2D eigenvalue weighted by Crippen LogP contribution is 2.40. The van der Waals surface area contributed by atoms with Gasteiger partial charge in [-0.15, -0.1) is 0 Å². The monoisotopic (exact) mass is 284 g/mol. The molecule has 0 aliphatic heterocycles. The second kappa shape index (κ2) is 4.85. The van der Waals surface area contributed by atoms with Crippen LogP contribution in [0.2, 0.25) is 0 Å². The van der Waals surface area contributed by atoms with Gasteiger partial charge in [-0.05, 0) is 60.7 Å². The van der Waals surface area contributed by atoms with Crippen molar-refractivity contribution in [3.05, 3.63) is 64.7 Å². The smallest absolute Gasteiger partial charge is 0.151 e. The Morgan fingerprint density at radius 3 is 2.76 bits per heavy atom. The molecule has 0 saturated carbocycles. The Hall–Kier alpha value is -2.41. The average molecular weight is 284 g/mol. The molecule has 1 N–H and O–H groups in total. The van der Waals surface area contributed by atoms with Crippen molar-refractivity contribution in [3.63, 3.8) is 0 Å². The molecule has 0 spiro atoms. The van der Waals surface area contributed by atoms with Gasteiger partial charge in [-0.2, -0.15) is 5.26 Å². The molecule has 106 valence electrons. The summed E-state index contributed by atoms with van der Waals surface area (Å²) in [6, 6.07) is 11.6. The molecular formula is C17H14F2N2. The Balaban J connectivity index is 2.05. The molecule has 0 heterocycles. The summed E-state index contributed by atoms with van der Waals surface area (Å²) in [4.78, 5) is 0. The van der Waals surface area contributed by atoms with Crippen LogP contribution in [0.4, 0.5) is 14.5 Å². The molecule has 2 aromatic rings. The zero-order valence-electron chi connectivity index (χ0n) is 11.6. The maximum Gasteiger partial charge on any atom is 0.151 e. The van der Waals surface area contributed by atoms with E-state index in [2.05, 4.69) is 11.4 Å². The van der Waals surface area contributed by atoms with Gasteiger partial charge in [0.1, 0.15) is 11.6 Å². The number of anilines is 1. The molecule has 0 aromatic heterocycles. The summed E-state index contributed by atoms with van der Waals surface area (Å²) in [5, 5.41) is 12.7. The van der Waals surface area contributed by atoms with Gasteiger partial charge in [0.2, 0.25) is 0 Å². The van der Waals surface area contributed by atoms with Crippen molar-refractivity contribution in [3.8, 4) is 6.07 Å². The highest BCUT2D eigenvalue weighted by Gasteiger charge is 2.40. The van der Waals surface area contributed by atoms with Crippen LogP contribution >= 0.6 is 0 Å². The molecule has 0 fully saturated rings. The highest BCUT2D eigenvalue weighted by molar-refractivity contribution is 5.56. The van der Waals surface area contributed by atoms with E-state index < -0.39 is 5.54 Å². The van der Waals surface area contributed by atoms with Crippen LogP contribution in [0.15, 0.2) is 36.4 Å². The van der Waals surface area contributed by atoms with Crippen LogP contribution in [0, 0.1) is 29.9 Å². The van der Waals surface area contributed by atoms with Gasteiger partial charge in [-0.25, -0.2) is 8.78 Å². The van der Waals surface area contributed by atoms with E-state index in [9.17, 15) is 14.0 Å². The van der Waals surface area contributed by atoms with E-state index >= 15 is 0 Å². The Morgan fingerprint density at radius 1 is 1.24 bits per heavy atom. The first kappa shape index (κ1) is 13.6. The molecule has 2 nitrogen and oxygen atoms in total.